The van der Waals surface area contributed by atoms with Gasteiger partial charge in [-0.2, -0.15) is 0 Å². The number of allylic oxidation sites excluding steroid dienone is 6. The van der Waals surface area contributed by atoms with E-state index in [9.17, 15) is 0 Å². The summed E-state index contributed by atoms with van der Waals surface area (Å²) in [6.07, 6.45) is 8.25. The quantitative estimate of drug-likeness (QED) is 0.162. The van der Waals surface area contributed by atoms with Crippen LogP contribution in [0.3, 0.4) is 0 Å². The Kier molecular flexibility index (Phi) is 12.3. The molecule has 0 saturated carbocycles. The molecule has 2 aliphatic rings. The minimum atomic E-state index is 0.848. The normalized spacial score (nSPS) is 14.7. The molecule has 2 N–H and O–H groups in total. The van der Waals surface area contributed by atoms with Gasteiger partial charge in [0.25, 0.3) is 0 Å². The van der Waals surface area contributed by atoms with Crippen LogP contribution in [0, 0.1) is 0 Å². The summed E-state index contributed by atoms with van der Waals surface area (Å²) in [6.45, 7) is 16.7. The molecule has 3 heterocycles. The Bertz CT molecular complexity index is 2150. The molecule has 4 aromatic carbocycles. The fourth-order valence-electron chi connectivity index (χ4n) is 5.89. The average molecular weight is 667 g/mol. The van der Waals surface area contributed by atoms with Crippen LogP contribution in [0.5, 0.6) is 0 Å². The number of hydrogen-bond acceptors (Lipinski definition) is 3. The molecule has 1 aromatic heterocycles. The third-order valence-corrected chi connectivity index (χ3v) is 8.40. The Morgan fingerprint density at radius 1 is 0.471 bits per heavy atom. The molecular weight excluding hydrogens is 621 g/mol. The van der Waals surface area contributed by atoms with Crippen molar-refractivity contribution in [2.75, 3.05) is 12.4 Å². The summed E-state index contributed by atoms with van der Waals surface area (Å²) < 4.78 is 0. The molecule has 0 saturated heterocycles. The third kappa shape index (κ3) is 8.14. The van der Waals surface area contributed by atoms with Crippen LogP contribution in [0.4, 0.5) is 5.69 Å². The van der Waals surface area contributed by atoms with Crippen LogP contribution < -0.4 is 5.32 Å². The highest BCUT2D eigenvalue weighted by Gasteiger charge is 2.21. The van der Waals surface area contributed by atoms with E-state index in [1.807, 2.05) is 77.2 Å². The van der Waals surface area contributed by atoms with Crippen molar-refractivity contribution in [2.24, 2.45) is 9.98 Å². The summed E-state index contributed by atoms with van der Waals surface area (Å²) in [5.41, 5.74) is 14.5. The smallest absolute Gasteiger partial charge is 0.0737 e. The Labute approximate surface area is 303 Å². The highest BCUT2D eigenvalue weighted by molar-refractivity contribution is 6.31. The van der Waals surface area contributed by atoms with Gasteiger partial charge in [0, 0.05) is 46.4 Å². The number of hydrogen-bond donors (Lipinski definition) is 2. The van der Waals surface area contributed by atoms with E-state index in [1.165, 1.54) is 0 Å². The Morgan fingerprint density at radius 2 is 0.843 bits per heavy atom. The second-order valence-corrected chi connectivity index (χ2v) is 11.3. The van der Waals surface area contributed by atoms with Crippen LogP contribution in [-0.4, -0.2) is 23.5 Å². The first-order valence-corrected chi connectivity index (χ1v) is 17.6. The van der Waals surface area contributed by atoms with Crippen LogP contribution >= 0.6 is 0 Å². The molecule has 2 aliphatic heterocycles. The second kappa shape index (κ2) is 17.4. The van der Waals surface area contributed by atoms with Crippen LogP contribution in [0.25, 0.3) is 22.3 Å². The van der Waals surface area contributed by atoms with Gasteiger partial charge in [0.05, 0.1) is 22.8 Å². The van der Waals surface area contributed by atoms with Gasteiger partial charge in [0.1, 0.15) is 0 Å². The number of nitrogens with zero attached hydrogens (tertiary/aromatic N) is 2. The molecular formula is C47H46N4. The molecule has 254 valence electrons. The molecule has 7 rings (SSSR count). The fraction of sp³-hybridized carbons (Fsp3) is 0.106. The van der Waals surface area contributed by atoms with E-state index in [2.05, 4.69) is 133 Å². The van der Waals surface area contributed by atoms with Gasteiger partial charge in [-0.15, -0.1) is 0 Å². The molecule has 0 aliphatic carbocycles. The zero-order chi connectivity index (χ0) is 36.2. The maximum atomic E-state index is 5.10. The van der Waals surface area contributed by atoms with Crippen LogP contribution in [0.2, 0.25) is 0 Å². The zero-order valence-corrected chi connectivity index (χ0v) is 30.2. The van der Waals surface area contributed by atoms with Crippen molar-refractivity contribution in [2.45, 2.75) is 27.7 Å². The average Bonchev–Trinajstić information content (AvgIpc) is 4.01. The first kappa shape index (κ1) is 36.0. The highest BCUT2D eigenvalue weighted by atomic mass is 14.8. The van der Waals surface area contributed by atoms with Crippen molar-refractivity contribution >= 4 is 39.4 Å². The highest BCUT2D eigenvalue weighted by Crippen LogP contribution is 2.36. The molecule has 0 amide bonds. The first-order valence-electron chi connectivity index (χ1n) is 17.6. The fourth-order valence-corrected chi connectivity index (χ4v) is 5.89. The molecule has 0 atom stereocenters. The number of anilines is 1. The van der Waals surface area contributed by atoms with E-state index in [0.29, 0.717) is 0 Å². The number of H-pyrrole nitrogens is 1. The number of benzene rings is 4. The van der Waals surface area contributed by atoms with E-state index in [4.69, 9.17) is 9.98 Å². The first-order chi connectivity index (χ1) is 25.1. The van der Waals surface area contributed by atoms with Gasteiger partial charge < -0.3 is 10.3 Å². The standard InChI is InChI=1S/C43H34N4.2C2H6/c1-29(31-13-7-4-8-14-31)36-23-25-38(45-36)42(33-15-9-5-10-16-33)40-27-28-41(47-40)43(34-17-11-6-12-18-34)39-26-24-37(46-39)30(2)32-19-21-35(44-3)22-20-32;2*1-2/h4-28,44,47H,1-2H2,3H3;2*1-2H3/b42-38-,43-39-;;. The zero-order valence-electron chi connectivity index (χ0n) is 30.2. The van der Waals surface area contributed by atoms with Gasteiger partial charge >= 0.3 is 0 Å². The molecule has 4 heteroatoms. The molecule has 0 bridgehead atoms. The predicted octanol–water partition coefficient (Wildman–Crippen LogP) is 12.1. The lowest BCUT2D eigenvalue weighted by Gasteiger charge is -2.11. The van der Waals surface area contributed by atoms with Gasteiger partial charge in [-0.25, -0.2) is 9.98 Å². The van der Waals surface area contributed by atoms with Crippen molar-refractivity contribution in [3.8, 4) is 0 Å². The largest absolute Gasteiger partial charge is 0.388 e. The van der Waals surface area contributed by atoms with Gasteiger partial charge in [-0.05, 0) is 70.8 Å². The molecule has 0 fully saturated rings. The van der Waals surface area contributed by atoms with Crippen LogP contribution in [0.15, 0.2) is 186 Å². The topological polar surface area (TPSA) is 52.5 Å². The maximum absolute atomic E-state index is 5.10. The third-order valence-electron chi connectivity index (χ3n) is 8.40. The Balaban J connectivity index is 0.00000122. The minimum absolute atomic E-state index is 0.848. The molecule has 0 spiro atoms. The number of nitrogens with one attached hydrogen (secondary N) is 2. The van der Waals surface area contributed by atoms with Crippen molar-refractivity contribution in [3.63, 3.8) is 0 Å². The molecule has 0 unspecified atom stereocenters. The van der Waals surface area contributed by atoms with Gasteiger partial charge in [-0.3, -0.25) is 0 Å². The van der Waals surface area contributed by atoms with Crippen LogP contribution in [0.1, 0.15) is 61.3 Å². The van der Waals surface area contributed by atoms with Gasteiger partial charge in [-0.1, -0.05) is 144 Å². The molecule has 51 heavy (non-hydrogen) atoms. The van der Waals surface area contributed by atoms with Crippen molar-refractivity contribution in [1.29, 1.82) is 0 Å². The summed E-state index contributed by atoms with van der Waals surface area (Å²) in [7, 11) is 1.92. The van der Waals surface area contributed by atoms with Crippen molar-refractivity contribution < 1.29 is 0 Å². The van der Waals surface area contributed by atoms with E-state index in [-0.39, 0.29) is 0 Å². The summed E-state index contributed by atoms with van der Waals surface area (Å²) in [5.74, 6) is 0. The lowest BCUT2D eigenvalue weighted by molar-refractivity contribution is 1.27. The van der Waals surface area contributed by atoms with E-state index in [0.717, 1.165) is 84.4 Å². The van der Waals surface area contributed by atoms with Crippen LogP contribution in [-0.2, 0) is 0 Å². The summed E-state index contributed by atoms with van der Waals surface area (Å²) in [5, 5.41) is 3.17. The number of aliphatic imine (C=N–C) groups is 2. The number of aromatic nitrogens is 1. The minimum Gasteiger partial charge on any atom is -0.388 e. The number of aromatic amines is 1. The predicted molar refractivity (Wildman–Crippen MR) is 222 cm³/mol. The van der Waals surface area contributed by atoms with Crippen molar-refractivity contribution in [1.82, 2.24) is 4.98 Å². The molecule has 4 nitrogen and oxygen atoms in total. The summed E-state index contributed by atoms with van der Waals surface area (Å²) >= 11 is 0. The van der Waals surface area contributed by atoms with Gasteiger partial charge in [0.15, 0.2) is 0 Å². The summed E-state index contributed by atoms with van der Waals surface area (Å²) in [4.78, 5) is 13.9. The van der Waals surface area contributed by atoms with E-state index in [1.54, 1.807) is 0 Å². The lowest BCUT2D eigenvalue weighted by atomic mass is 10.0. The molecule has 5 aromatic rings. The Morgan fingerprint density at radius 3 is 1.24 bits per heavy atom. The van der Waals surface area contributed by atoms with Crippen molar-refractivity contribution in [3.05, 3.63) is 210 Å². The van der Waals surface area contributed by atoms with E-state index >= 15 is 0 Å². The maximum Gasteiger partial charge on any atom is 0.0737 e. The van der Waals surface area contributed by atoms with E-state index < -0.39 is 0 Å². The summed E-state index contributed by atoms with van der Waals surface area (Å²) in [6, 6.07) is 43.5. The second-order valence-electron chi connectivity index (χ2n) is 11.3. The Hall–Kier alpha value is -6.26. The van der Waals surface area contributed by atoms with Gasteiger partial charge in [0.2, 0.25) is 0 Å². The molecule has 0 radical (unpaired) electrons. The lowest BCUT2D eigenvalue weighted by Crippen LogP contribution is -1.97. The SMILES string of the molecule is C=C(C1=N/C(=C(/c2ccccc2)c2ccc(/C(=C3/C=CC(C(=C)c4ccc(NC)cc4)=N3)c3ccccc3)[nH]2)C=C1)c1ccccc1.CC.CC. The monoisotopic (exact) mass is 666 g/mol. The number of rotatable bonds is 9.